The van der Waals surface area contributed by atoms with Crippen molar-refractivity contribution >= 4 is 29.5 Å². The molecule has 1 aromatic heterocycles. The topological polar surface area (TPSA) is 92.1 Å². The molecule has 10 heteroatoms. The van der Waals surface area contributed by atoms with Gasteiger partial charge in [0.25, 0.3) is 11.8 Å². The summed E-state index contributed by atoms with van der Waals surface area (Å²) in [6.45, 7) is 0.988. The number of ether oxygens (including phenoxy) is 1. The van der Waals surface area contributed by atoms with E-state index >= 15 is 0 Å². The Morgan fingerprint density at radius 3 is 2.45 bits per heavy atom. The summed E-state index contributed by atoms with van der Waals surface area (Å²) in [5.41, 5.74) is 2.14. The van der Waals surface area contributed by atoms with Crippen LogP contribution in [0.2, 0.25) is 0 Å². The van der Waals surface area contributed by atoms with Crippen LogP contribution in [-0.4, -0.2) is 88.7 Å². The molecule has 3 aromatic rings. The van der Waals surface area contributed by atoms with Gasteiger partial charge in [0.2, 0.25) is 0 Å². The molecular formula is C32H36FN3O5S. The molecule has 2 unspecified atom stereocenters. The fourth-order valence-corrected chi connectivity index (χ4v) is 7.34. The fraction of sp³-hybridized carbons (Fsp3) is 0.406. The minimum Gasteiger partial charge on any atom is -0.467 e. The van der Waals surface area contributed by atoms with Crippen LogP contribution in [0, 0.1) is 11.7 Å². The lowest BCUT2D eigenvalue weighted by atomic mass is 9.75. The molecule has 2 heterocycles. The number of halogens is 1. The second kappa shape index (κ2) is 12.3. The minimum atomic E-state index is -1.41. The van der Waals surface area contributed by atoms with Gasteiger partial charge in [0.05, 0.1) is 13.7 Å². The van der Waals surface area contributed by atoms with E-state index in [-0.39, 0.29) is 30.8 Å². The minimum absolute atomic E-state index is 0.0814. The van der Waals surface area contributed by atoms with Gasteiger partial charge in [-0.15, -0.1) is 0 Å². The number of methoxy groups -OCH3 is 1. The van der Waals surface area contributed by atoms with Crippen molar-refractivity contribution in [3.8, 4) is 0 Å². The number of aliphatic hydroxyl groups excluding tert-OH is 1. The Labute approximate surface area is 249 Å². The van der Waals surface area contributed by atoms with Gasteiger partial charge in [0, 0.05) is 62.3 Å². The summed E-state index contributed by atoms with van der Waals surface area (Å²) in [6, 6.07) is 16.7. The number of amides is 2. The van der Waals surface area contributed by atoms with E-state index in [0.29, 0.717) is 47.8 Å². The van der Waals surface area contributed by atoms with Crippen LogP contribution in [0.1, 0.15) is 43.6 Å². The maximum absolute atomic E-state index is 14.1. The van der Waals surface area contributed by atoms with Crippen LogP contribution in [0.25, 0.3) is 0 Å². The molecule has 1 fully saturated rings. The number of fused-ring (bicyclic) bond motifs is 3. The number of carbonyl (C=O) groups excluding carboxylic acids is 3. The standard InChI is InChI=1S/C32H36FN3O5S/c1-34(2)30(39)27-18-25-26(35(27)13-15-42-16-14-37)17-23-20-36(29(38)22-7-5-4-6-8-22)32(28(23)25,31(40)41-3)19-21-9-11-24(33)12-10-21/h4-12,18,23,28,37H,13-17,19-20H2,1-3H3/t23?,28?,32-/m1/s1. The molecule has 1 aliphatic carbocycles. The first-order chi connectivity index (χ1) is 20.2. The van der Waals surface area contributed by atoms with Crippen LogP contribution in [0.5, 0.6) is 0 Å². The zero-order chi connectivity index (χ0) is 30.0. The fourth-order valence-electron chi connectivity index (χ4n) is 6.70. The lowest BCUT2D eigenvalue weighted by Crippen LogP contribution is -2.58. The molecular weight excluding hydrogens is 557 g/mol. The summed E-state index contributed by atoms with van der Waals surface area (Å²) >= 11 is 1.61. The molecule has 1 aliphatic heterocycles. The number of hydrogen-bond donors (Lipinski definition) is 1. The van der Waals surface area contributed by atoms with Crippen molar-refractivity contribution in [1.82, 2.24) is 14.4 Å². The van der Waals surface area contributed by atoms with E-state index in [1.165, 1.54) is 24.1 Å². The Kier molecular flexibility index (Phi) is 8.75. The highest BCUT2D eigenvalue weighted by Gasteiger charge is 2.64. The largest absolute Gasteiger partial charge is 0.467 e. The summed E-state index contributed by atoms with van der Waals surface area (Å²) in [6.07, 6.45) is 0.722. The highest BCUT2D eigenvalue weighted by Crippen LogP contribution is 2.55. The SMILES string of the molecule is COC(=O)[C@@]1(Cc2ccc(F)cc2)C2c3cc(C(=O)N(C)C)n(CCSCCO)c3CC2CN1C(=O)c1ccccc1. The molecule has 2 aromatic carbocycles. The Hall–Kier alpha value is -3.63. The molecule has 1 N–H and O–H groups in total. The number of hydrogen-bond acceptors (Lipinski definition) is 6. The maximum Gasteiger partial charge on any atom is 0.332 e. The number of thioether (sulfide) groups is 1. The second-order valence-corrected chi connectivity index (χ2v) is 12.3. The Morgan fingerprint density at radius 1 is 1.10 bits per heavy atom. The third-order valence-electron chi connectivity index (χ3n) is 8.43. The first kappa shape index (κ1) is 29.8. The molecule has 222 valence electrons. The number of benzene rings is 2. The van der Waals surface area contributed by atoms with Crippen LogP contribution < -0.4 is 0 Å². The van der Waals surface area contributed by atoms with Gasteiger partial charge in [-0.1, -0.05) is 30.3 Å². The van der Waals surface area contributed by atoms with E-state index in [0.717, 1.165) is 11.3 Å². The quantitative estimate of drug-likeness (QED) is 0.285. The molecule has 8 nitrogen and oxygen atoms in total. The van der Waals surface area contributed by atoms with Crippen molar-refractivity contribution in [3.63, 3.8) is 0 Å². The molecule has 0 spiro atoms. The van der Waals surface area contributed by atoms with Gasteiger partial charge in [-0.2, -0.15) is 11.8 Å². The number of rotatable bonds is 10. The Balaban J connectivity index is 1.66. The molecule has 0 saturated carbocycles. The predicted octanol–water partition coefficient (Wildman–Crippen LogP) is 3.62. The van der Waals surface area contributed by atoms with Crippen molar-refractivity contribution in [2.24, 2.45) is 5.92 Å². The van der Waals surface area contributed by atoms with Gasteiger partial charge in [-0.25, -0.2) is 9.18 Å². The van der Waals surface area contributed by atoms with Gasteiger partial charge in [-0.05, 0) is 53.8 Å². The zero-order valence-corrected chi connectivity index (χ0v) is 24.9. The van der Waals surface area contributed by atoms with Crippen LogP contribution in [0.15, 0.2) is 60.7 Å². The van der Waals surface area contributed by atoms with Crippen molar-refractivity contribution in [2.75, 3.05) is 45.9 Å². The van der Waals surface area contributed by atoms with Crippen LogP contribution in [0.4, 0.5) is 4.39 Å². The Morgan fingerprint density at radius 2 is 1.81 bits per heavy atom. The third-order valence-corrected chi connectivity index (χ3v) is 9.37. The predicted molar refractivity (Wildman–Crippen MR) is 159 cm³/mol. The van der Waals surface area contributed by atoms with Gasteiger partial charge in [-0.3, -0.25) is 9.59 Å². The van der Waals surface area contributed by atoms with Gasteiger partial charge < -0.3 is 24.2 Å². The summed E-state index contributed by atoms with van der Waals surface area (Å²) in [7, 11) is 4.74. The molecule has 2 amide bonds. The Bertz CT molecular complexity index is 1460. The zero-order valence-electron chi connectivity index (χ0n) is 24.1. The summed E-state index contributed by atoms with van der Waals surface area (Å²) in [5.74, 6) is -0.553. The number of aliphatic hydroxyl groups is 1. The van der Waals surface area contributed by atoms with E-state index in [1.54, 1.807) is 67.2 Å². The van der Waals surface area contributed by atoms with E-state index < -0.39 is 23.2 Å². The van der Waals surface area contributed by atoms with Crippen LogP contribution >= 0.6 is 11.8 Å². The van der Waals surface area contributed by atoms with Crippen LogP contribution in [-0.2, 0) is 28.9 Å². The maximum atomic E-state index is 14.1. The van der Waals surface area contributed by atoms with Gasteiger partial charge in [0.15, 0.2) is 5.54 Å². The number of aromatic nitrogens is 1. The van der Waals surface area contributed by atoms with E-state index in [9.17, 15) is 23.9 Å². The lowest BCUT2D eigenvalue weighted by molar-refractivity contribution is -0.153. The average Bonchev–Trinajstić information content (AvgIpc) is 3.63. The molecule has 42 heavy (non-hydrogen) atoms. The number of esters is 1. The highest BCUT2D eigenvalue weighted by molar-refractivity contribution is 7.99. The molecule has 0 bridgehead atoms. The first-order valence-corrected chi connectivity index (χ1v) is 15.2. The van der Waals surface area contributed by atoms with Crippen molar-refractivity contribution in [1.29, 1.82) is 0 Å². The molecule has 0 radical (unpaired) electrons. The van der Waals surface area contributed by atoms with Crippen molar-refractivity contribution < 1.29 is 28.6 Å². The van der Waals surface area contributed by atoms with E-state index in [1.807, 2.05) is 16.7 Å². The normalized spacial score (nSPS) is 20.7. The lowest BCUT2D eigenvalue weighted by Gasteiger charge is -2.40. The molecule has 5 rings (SSSR count). The van der Waals surface area contributed by atoms with E-state index in [4.69, 9.17) is 4.74 Å². The van der Waals surface area contributed by atoms with Crippen molar-refractivity contribution in [3.05, 3.63) is 94.6 Å². The van der Waals surface area contributed by atoms with E-state index in [2.05, 4.69) is 0 Å². The smallest absolute Gasteiger partial charge is 0.332 e. The van der Waals surface area contributed by atoms with Gasteiger partial charge >= 0.3 is 5.97 Å². The molecule has 2 aliphatic rings. The summed E-state index contributed by atoms with van der Waals surface area (Å²) in [5, 5.41) is 9.24. The number of likely N-dealkylation sites (tertiary alicyclic amines) is 1. The average molecular weight is 594 g/mol. The summed E-state index contributed by atoms with van der Waals surface area (Å²) < 4.78 is 21.4. The first-order valence-electron chi connectivity index (χ1n) is 14.0. The van der Waals surface area contributed by atoms with Gasteiger partial charge in [0.1, 0.15) is 11.5 Å². The monoisotopic (exact) mass is 593 g/mol. The third kappa shape index (κ3) is 5.22. The second-order valence-electron chi connectivity index (χ2n) is 11.1. The van der Waals surface area contributed by atoms with Crippen LogP contribution in [0.3, 0.4) is 0 Å². The number of nitrogens with zero attached hydrogens (tertiary/aromatic N) is 3. The summed E-state index contributed by atoms with van der Waals surface area (Å²) in [4.78, 5) is 44.7. The molecule has 3 atom stereocenters. The van der Waals surface area contributed by atoms with Crippen molar-refractivity contribution in [2.45, 2.75) is 30.8 Å². The number of carbonyl (C=O) groups is 3. The molecule has 1 saturated heterocycles. The highest BCUT2D eigenvalue weighted by atomic mass is 32.2.